The molecule has 0 saturated heterocycles. The van der Waals surface area contributed by atoms with Crippen LogP contribution in [0.25, 0.3) is 0 Å². The van der Waals surface area contributed by atoms with Crippen LogP contribution in [-0.4, -0.2) is 5.11 Å². The number of benzene rings is 2. The van der Waals surface area contributed by atoms with E-state index in [0.29, 0.717) is 11.4 Å². The first-order valence-electron chi connectivity index (χ1n) is 5.12. The number of ether oxygens (including phenoxy) is 1. The summed E-state index contributed by atoms with van der Waals surface area (Å²) in [5, 5.41) is 8.99. The lowest BCUT2D eigenvalue weighted by molar-refractivity contribution is 0.281. The lowest BCUT2D eigenvalue weighted by Crippen LogP contribution is -1.93. The number of rotatable bonds is 3. The first-order valence-corrected chi connectivity index (χ1v) is 5.12. The lowest BCUT2D eigenvalue weighted by Gasteiger charge is -2.09. The molecule has 88 valence electrons. The number of nitrogens with two attached hydrogens (primary N) is 1. The quantitative estimate of drug-likeness (QED) is 0.801. The topological polar surface area (TPSA) is 55.5 Å². The molecule has 0 aromatic heterocycles. The van der Waals surface area contributed by atoms with Crippen LogP contribution in [0.5, 0.6) is 11.5 Å². The summed E-state index contributed by atoms with van der Waals surface area (Å²) in [5.74, 6) is 0.362. The van der Waals surface area contributed by atoms with Crippen LogP contribution >= 0.6 is 0 Å². The van der Waals surface area contributed by atoms with E-state index in [4.69, 9.17) is 15.6 Å². The van der Waals surface area contributed by atoms with Crippen molar-refractivity contribution in [2.45, 2.75) is 6.61 Å². The smallest absolute Gasteiger partial charge is 0.153 e. The van der Waals surface area contributed by atoms with Gasteiger partial charge in [0.25, 0.3) is 0 Å². The predicted octanol–water partition coefficient (Wildman–Crippen LogP) is 2.69. The minimum atomic E-state index is -0.410. The fourth-order valence-corrected chi connectivity index (χ4v) is 1.43. The molecule has 0 radical (unpaired) electrons. The summed E-state index contributed by atoms with van der Waals surface area (Å²) in [6.07, 6.45) is 0. The van der Waals surface area contributed by atoms with Crippen molar-refractivity contribution in [1.82, 2.24) is 0 Å². The summed E-state index contributed by atoms with van der Waals surface area (Å²) < 4.78 is 18.5. The Kier molecular flexibility index (Phi) is 3.25. The van der Waals surface area contributed by atoms with Crippen molar-refractivity contribution < 1.29 is 14.2 Å². The molecule has 0 aliphatic rings. The Morgan fingerprint density at radius 2 is 2.00 bits per heavy atom. The third-order valence-electron chi connectivity index (χ3n) is 2.28. The Bertz CT molecular complexity index is 529. The number of anilines is 1. The van der Waals surface area contributed by atoms with Gasteiger partial charge < -0.3 is 15.6 Å². The van der Waals surface area contributed by atoms with E-state index in [2.05, 4.69) is 0 Å². The van der Waals surface area contributed by atoms with E-state index in [1.807, 2.05) is 0 Å². The van der Waals surface area contributed by atoms with Crippen molar-refractivity contribution in [3.63, 3.8) is 0 Å². The normalized spacial score (nSPS) is 10.2. The van der Waals surface area contributed by atoms with Gasteiger partial charge in [-0.25, -0.2) is 4.39 Å². The van der Waals surface area contributed by atoms with Gasteiger partial charge in [0.1, 0.15) is 11.6 Å². The Hall–Kier alpha value is -2.07. The lowest BCUT2D eigenvalue weighted by atomic mass is 10.2. The molecule has 0 spiro atoms. The van der Waals surface area contributed by atoms with Crippen LogP contribution in [0.3, 0.4) is 0 Å². The third-order valence-corrected chi connectivity index (χ3v) is 2.28. The molecule has 0 amide bonds. The van der Waals surface area contributed by atoms with E-state index in [1.54, 1.807) is 24.3 Å². The molecule has 0 bridgehead atoms. The van der Waals surface area contributed by atoms with Crippen LogP contribution < -0.4 is 10.5 Å². The molecule has 4 heteroatoms. The van der Waals surface area contributed by atoms with Crippen LogP contribution in [0, 0.1) is 5.82 Å². The molecule has 0 aliphatic carbocycles. The summed E-state index contributed by atoms with van der Waals surface area (Å²) in [7, 11) is 0. The van der Waals surface area contributed by atoms with Crippen LogP contribution in [0.1, 0.15) is 5.56 Å². The molecular formula is C13H12FNO2. The Labute approximate surface area is 98.3 Å². The second kappa shape index (κ2) is 4.84. The number of hydrogen-bond acceptors (Lipinski definition) is 3. The van der Waals surface area contributed by atoms with E-state index in [9.17, 15) is 4.39 Å². The van der Waals surface area contributed by atoms with Gasteiger partial charge in [0.15, 0.2) is 5.75 Å². The van der Waals surface area contributed by atoms with Gasteiger partial charge in [-0.3, -0.25) is 0 Å². The molecule has 0 aliphatic heterocycles. The third kappa shape index (κ3) is 2.73. The monoisotopic (exact) mass is 233 g/mol. The highest BCUT2D eigenvalue weighted by Crippen LogP contribution is 2.28. The predicted molar refractivity (Wildman–Crippen MR) is 63.3 cm³/mol. The van der Waals surface area contributed by atoms with E-state index >= 15 is 0 Å². The zero-order chi connectivity index (χ0) is 12.3. The van der Waals surface area contributed by atoms with Crippen LogP contribution in [0.4, 0.5) is 10.1 Å². The van der Waals surface area contributed by atoms with Gasteiger partial charge in [-0.1, -0.05) is 12.1 Å². The molecule has 3 N–H and O–H groups in total. The highest BCUT2D eigenvalue weighted by molar-refractivity contribution is 5.54. The second-order valence-corrected chi connectivity index (χ2v) is 3.59. The molecule has 0 heterocycles. The van der Waals surface area contributed by atoms with E-state index < -0.39 is 5.82 Å². The van der Waals surface area contributed by atoms with Crippen LogP contribution in [0.2, 0.25) is 0 Å². The number of aliphatic hydroxyl groups is 1. The number of nitrogen functional groups attached to an aromatic ring is 1. The minimum absolute atomic E-state index is 0.0736. The van der Waals surface area contributed by atoms with Crippen LogP contribution in [-0.2, 0) is 6.61 Å². The Balaban J connectivity index is 2.27. The van der Waals surface area contributed by atoms with Crippen molar-refractivity contribution in [2.24, 2.45) is 0 Å². The average molecular weight is 233 g/mol. The molecule has 2 aromatic carbocycles. The molecule has 0 unspecified atom stereocenters. The van der Waals surface area contributed by atoms with Crippen molar-refractivity contribution in [1.29, 1.82) is 0 Å². The summed E-state index contributed by atoms with van der Waals surface area (Å²) in [4.78, 5) is 0. The number of halogens is 1. The summed E-state index contributed by atoms with van der Waals surface area (Å²) in [6.45, 7) is -0.0736. The SMILES string of the molecule is Nc1ccc(F)cc1Oc1cccc(CO)c1. The van der Waals surface area contributed by atoms with E-state index in [0.717, 1.165) is 5.56 Å². The van der Waals surface area contributed by atoms with Gasteiger partial charge >= 0.3 is 0 Å². The maximum absolute atomic E-state index is 13.0. The van der Waals surface area contributed by atoms with Gasteiger partial charge in [-0.15, -0.1) is 0 Å². The summed E-state index contributed by atoms with van der Waals surface area (Å²) in [5.41, 5.74) is 6.75. The Morgan fingerprint density at radius 1 is 1.18 bits per heavy atom. The van der Waals surface area contributed by atoms with Gasteiger partial charge in [-0.05, 0) is 29.8 Å². The average Bonchev–Trinajstić information content (AvgIpc) is 2.34. The number of hydrogen-bond donors (Lipinski definition) is 2. The van der Waals surface area contributed by atoms with Crippen molar-refractivity contribution in [2.75, 3.05) is 5.73 Å². The molecule has 2 aromatic rings. The zero-order valence-corrected chi connectivity index (χ0v) is 9.06. The fraction of sp³-hybridized carbons (Fsp3) is 0.0769. The van der Waals surface area contributed by atoms with Crippen molar-refractivity contribution in [3.8, 4) is 11.5 Å². The highest BCUT2D eigenvalue weighted by atomic mass is 19.1. The first-order chi connectivity index (χ1) is 8.19. The van der Waals surface area contributed by atoms with Crippen LogP contribution in [0.15, 0.2) is 42.5 Å². The van der Waals surface area contributed by atoms with Gasteiger partial charge in [0, 0.05) is 6.07 Å². The molecule has 0 saturated carbocycles. The molecule has 3 nitrogen and oxygen atoms in total. The zero-order valence-electron chi connectivity index (χ0n) is 9.06. The van der Waals surface area contributed by atoms with Crippen molar-refractivity contribution in [3.05, 3.63) is 53.8 Å². The van der Waals surface area contributed by atoms with Gasteiger partial charge in [0.2, 0.25) is 0 Å². The second-order valence-electron chi connectivity index (χ2n) is 3.59. The standard InChI is InChI=1S/C13H12FNO2/c14-10-4-5-12(15)13(7-10)17-11-3-1-2-9(6-11)8-16/h1-7,16H,8,15H2. The summed E-state index contributed by atoms with van der Waals surface area (Å²) in [6, 6.07) is 10.8. The molecule has 0 atom stereocenters. The number of aliphatic hydroxyl groups excluding tert-OH is 1. The molecule has 2 rings (SSSR count). The van der Waals surface area contributed by atoms with Crippen molar-refractivity contribution >= 4 is 5.69 Å². The first kappa shape index (κ1) is 11.4. The molecule has 17 heavy (non-hydrogen) atoms. The van der Waals surface area contributed by atoms with Gasteiger partial charge in [-0.2, -0.15) is 0 Å². The molecular weight excluding hydrogens is 221 g/mol. The van der Waals surface area contributed by atoms with E-state index in [-0.39, 0.29) is 12.4 Å². The maximum atomic E-state index is 13.0. The fourth-order valence-electron chi connectivity index (χ4n) is 1.43. The molecule has 0 fully saturated rings. The van der Waals surface area contributed by atoms with E-state index in [1.165, 1.54) is 18.2 Å². The van der Waals surface area contributed by atoms with Gasteiger partial charge in [0.05, 0.1) is 12.3 Å². The summed E-state index contributed by atoms with van der Waals surface area (Å²) >= 11 is 0. The largest absolute Gasteiger partial charge is 0.455 e. The minimum Gasteiger partial charge on any atom is -0.455 e. The maximum Gasteiger partial charge on any atom is 0.153 e. The Morgan fingerprint density at radius 3 is 2.76 bits per heavy atom. The highest BCUT2D eigenvalue weighted by Gasteiger charge is 2.04.